The summed E-state index contributed by atoms with van der Waals surface area (Å²) in [7, 11) is 0. The first-order valence-electron chi connectivity index (χ1n) is 3.94. The monoisotopic (exact) mass is 185 g/mol. The van der Waals surface area contributed by atoms with Gasteiger partial charge < -0.3 is 5.73 Å². The Balaban J connectivity index is 0.00000121. The third-order valence-corrected chi connectivity index (χ3v) is 2.00. The largest absolute Gasteiger partial charge is 0.324 e. The van der Waals surface area contributed by atoms with E-state index in [1.54, 1.807) is 0 Å². The maximum Gasteiger partial charge on any atom is 0.0271 e. The molecule has 0 aromatic heterocycles. The summed E-state index contributed by atoms with van der Waals surface area (Å²) in [4.78, 5) is 0. The zero-order chi connectivity index (χ0) is 8.43. The average molecular weight is 186 g/mol. The second-order valence-corrected chi connectivity index (χ2v) is 3.09. The molecule has 0 aliphatic heterocycles. The van der Waals surface area contributed by atoms with E-state index in [1.165, 1.54) is 16.7 Å². The first kappa shape index (κ1) is 11.5. The van der Waals surface area contributed by atoms with Crippen molar-refractivity contribution in [2.45, 2.75) is 26.8 Å². The minimum Gasteiger partial charge on any atom is -0.324 e. The molecule has 0 radical (unpaired) electrons. The summed E-state index contributed by atoms with van der Waals surface area (Å²) in [6.07, 6.45) is 0. The first-order chi connectivity index (χ1) is 5.13. The Morgan fingerprint density at radius 1 is 1.17 bits per heavy atom. The predicted molar refractivity (Wildman–Crippen MR) is 55.8 cm³/mol. The minimum atomic E-state index is 0. The lowest BCUT2D eigenvalue weighted by molar-refractivity contribution is 0.801. The highest BCUT2D eigenvalue weighted by Crippen LogP contribution is 2.18. The molecular formula is C10H16ClN. The smallest absolute Gasteiger partial charge is 0.0271 e. The van der Waals surface area contributed by atoms with E-state index < -0.39 is 0 Å². The van der Waals surface area contributed by atoms with Gasteiger partial charge in [0.1, 0.15) is 0 Å². The lowest BCUT2D eigenvalue weighted by Gasteiger charge is -2.12. The molecule has 1 rings (SSSR count). The highest BCUT2D eigenvalue weighted by atomic mass is 35.5. The number of halogens is 1. The average Bonchev–Trinajstić information content (AvgIpc) is 1.85. The van der Waals surface area contributed by atoms with Gasteiger partial charge in [-0.25, -0.2) is 0 Å². The molecule has 0 bridgehead atoms. The summed E-state index contributed by atoms with van der Waals surface area (Å²) in [6, 6.07) is 6.42. The van der Waals surface area contributed by atoms with E-state index in [2.05, 4.69) is 32.0 Å². The van der Waals surface area contributed by atoms with Crippen LogP contribution in [0, 0.1) is 13.8 Å². The molecule has 0 aliphatic rings. The summed E-state index contributed by atoms with van der Waals surface area (Å²) in [6.45, 7) is 6.23. The molecule has 1 atom stereocenters. The molecule has 0 heterocycles. The Hall–Kier alpha value is -0.530. The van der Waals surface area contributed by atoms with E-state index in [0.29, 0.717) is 0 Å². The second kappa shape index (κ2) is 4.48. The van der Waals surface area contributed by atoms with Crippen LogP contribution in [0.5, 0.6) is 0 Å². The van der Waals surface area contributed by atoms with Crippen molar-refractivity contribution in [1.29, 1.82) is 0 Å². The molecule has 1 aromatic carbocycles. The fraction of sp³-hybridized carbons (Fsp3) is 0.400. The third kappa shape index (κ3) is 2.23. The van der Waals surface area contributed by atoms with Crippen molar-refractivity contribution in [3.05, 3.63) is 34.9 Å². The van der Waals surface area contributed by atoms with E-state index in [-0.39, 0.29) is 18.4 Å². The van der Waals surface area contributed by atoms with E-state index in [0.717, 1.165) is 0 Å². The standard InChI is InChI=1S/C10H15N.ClH/c1-7-5-4-6-8(2)10(7)9(3)11;/h4-6,9H,11H2,1-3H3;1H/t9-;/m1./s1. The Morgan fingerprint density at radius 2 is 1.58 bits per heavy atom. The Morgan fingerprint density at radius 3 is 1.83 bits per heavy atom. The van der Waals surface area contributed by atoms with E-state index >= 15 is 0 Å². The highest BCUT2D eigenvalue weighted by Gasteiger charge is 2.04. The first-order valence-corrected chi connectivity index (χ1v) is 3.94. The summed E-state index contributed by atoms with van der Waals surface area (Å²) in [5, 5.41) is 0. The molecule has 0 saturated carbocycles. The predicted octanol–water partition coefficient (Wildman–Crippen LogP) is 2.74. The normalized spacial score (nSPS) is 12.0. The topological polar surface area (TPSA) is 26.0 Å². The molecule has 2 N–H and O–H groups in total. The Bertz CT molecular complexity index is 236. The molecule has 68 valence electrons. The van der Waals surface area contributed by atoms with Gasteiger partial charge in [0.15, 0.2) is 0 Å². The summed E-state index contributed by atoms with van der Waals surface area (Å²) >= 11 is 0. The number of aryl methyl sites for hydroxylation is 2. The van der Waals surface area contributed by atoms with Crippen molar-refractivity contribution in [3.63, 3.8) is 0 Å². The summed E-state index contributed by atoms with van der Waals surface area (Å²) < 4.78 is 0. The maximum absolute atomic E-state index is 5.82. The van der Waals surface area contributed by atoms with Crippen LogP contribution in [-0.4, -0.2) is 0 Å². The van der Waals surface area contributed by atoms with Crippen LogP contribution in [0.4, 0.5) is 0 Å². The number of hydrogen-bond donors (Lipinski definition) is 1. The number of hydrogen-bond acceptors (Lipinski definition) is 1. The van der Waals surface area contributed by atoms with Gasteiger partial charge >= 0.3 is 0 Å². The molecule has 0 unspecified atom stereocenters. The molecule has 0 saturated heterocycles. The van der Waals surface area contributed by atoms with Crippen molar-refractivity contribution in [3.8, 4) is 0 Å². The van der Waals surface area contributed by atoms with Gasteiger partial charge in [0.05, 0.1) is 0 Å². The third-order valence-electron chi connectivity index (χ3n) is 2.00. The molecule has 1 nitrogen and oxygen atoms in total. The second-order valence-electron chi connectivity index (χ2n) is 3.09. The van der Waals surface area contributed by atoms with Crippen LogP contribution < -0.4 is 5.73 Å². The van der Waals surface area contributed by atoms with Crippen LogP contribution in [0.2, 0.25) is 0 Å². The molecule has 0 fully saturated rings. The van der Waals surface area contributed by atoms with Gasteiger partial charge in [0.25, 0.3) is 0 Å². The van der Waals surface area contributed by atoms with Crippen LogP contribution in [-0.2, 0) is 0 Å². The molecule has 1 aromatic rings. The van der Waals surface area contributed by atoms with Gasteiger partial charge in [-0.2, -0.15) is 0 Å². The van der Waals surface area contributed by atoms with Gasteiger partial charge in [0.2, 0.25) is 0 Å². The Labute approximate surface area is 80.4 Å². The fourth-order valence-corrected chi connectivity index (χ4v) is 1.55. The number of nitrogens with two attached hydrogens (primary N) is 1. The SMILES string of the molecule is Cc1cccc(C)c1[C@@H](C)N.Cl. The number of rotatable bonds is 1. The number of benzene rings is 1. The van der Waals surface area contributed by atoms with Crippen molar-refractivity contribution < 1.29 is 0 Å². The zero-order valence-electron chi connectivity index (χ0n) is 7.79. The van der Waals surface area contributed by atoms with Gasteiger partial charge in [-0.3, -0.25) is 0 Å². The van der Waals surface area contributed by atoms with E-state index in [4.69, 9.17) is 5.73 Å². The van der Waals surface area contributed by atoms with E-state index in [1.807, 2.05) is 6.92 Å². The lowest BCUT2D eigenvalue weighted by Crippen LogP contribution is -2.08. The van der Waals surface area contributed by atoms with Crippen molar-refractivity contribution in [1.82, 2.24) is 0 Å². The quantitative estimate of drug-likeness (QED) is 0.716. The van der Waals surface area contributed by atoms with Crippen molar-refractivity contribution >= 4 is 12.4 Å². The van der Waals surface area contributed by atoms with Gasteiger partial charge in [-0.15, -0.1) is 12.4 Å². The zero-order valence-corrected chi connectivity index (χ0v) is 8.61. The van der Waals surface area contributed by atoms with Gasteiger partial charge in [0, 0.05) is 6.04 Å². The molecule has 0 amide bonds. The van der Waals surface area contributed by atoms with Gasteiger partial charge in [-0.1, -0.05) is 18.2 Å². The molecule has 0 aliphatic carbocycles. The lowest BCUT2D eigenvalue weighted by atomic mass is 9.98. The Kier molecular flexibility index (Phi) is 4.29. The van der Waals surface area contributed by atoms with Crippen LogP contribution in [0.3, 0.4) is 0 Å². The molecule has 2 heteroatoms. The summed E-state index contributed by atoms with van der Waals surface area (Å²) in [5.74, 6) is 0. The van der Waals surface area contributed by atoms with Crippen LogP contribution in [0.1, 0.15) is 29.7 Å². The van der Waals surface area contributed by atoms with Crippen molar-refractivity contribution in [2.24, 2.45) is 5.73 Å². The molecular weight excluding hydrogens is 170 g/mol. The maximum atomic E-state index is 5.82. The minimum absolute atomic E-state index is 0. The van der Waals surface area contributed by atoms with Crippen LogP contribution in [0.15, 0.2) is 18.2 Å². The van der Waals surface area contributed by atoms with Crippen LogP contribution in [0.25, 0.3) is 0 Å². The van der Waals surface area contributed by atoms with Crippen molar-refractivity contribution in [2.75, 3.05) is 0 Å². The van der Waals surface area contributed by atoms with Crippen LogP contribution >= 0.6 is 12.4 Å². The summed E-state index contributed by atoms with van der Waals surface area (Å²) in [5.41, 5.74) is 9.68. The van der Waals surface area contributed by atoms with E-state index in [9.17, 15) is 0 Å². The fourth-order valence-electron chi connectivity index (χ4n) is 1.55. The highest BCUT2D eigenvalue weighted by molar-refractivity contribution is 5.85. The molecule has 12 heavy (non-hydrogen) atoms. The molecule has 0 spiro atoms. The van der Waals surface area contributed by atoms with Gasteiger partial charge in [-0.05, 0) is 37.5 Å².